The highest BCUT2D eigenvalue weighted by Crippen LogP contribution is 2.23. The zero-order valence-electron chi connectivity index (χ0n) is 11.2. The van der Waals surface area contributed by atoms with Gasteiger partial charge in [-0.2, -0.15) is 0 Å². The number of hydrogen-bond donors (Lipinski definition) is 1. The summed E-state index contributed by atoms with van der Waals surface area (Å²) < 4.78 is 5.41. The molecule has 98 valence electrons. The molecule has 0 bridgehead atoms. The van der Waals surface area contributed by atoms with Crippen LogP contribution in [-0.2, 0) is 6.42 Å². The first kappa shape index (κ1) is 13.3. The molecule has 0 fully saturated rings. The van der Waals surface area contributed by atoms with Crippen molar-refractivity contribution in [2.24, 2.45) is 0 Å². The first-order valence-corrected chi connectivity index (χ1v) is 7.27. The Morgan fingerprint density at radius 2 is 2.28 bits per heavy atom. The highest BCUT2D eigenvalue weighted by atomic mass is 32.1. The van der Waals surface area contributed by atoms with Crippen LogP contribution in [0.25, 0.3) is 0 Å². The minimum Gasteiger partial charge on any atom is -0.469 e. The molecule has 0 radical (unpaired) electrons. The minimum atomic E-state index is 0.296. The molecule has 0 spiro atoms. The molecule has 0 saturated heterocycles. The van der Waals surface area contributed by atoms with Gasteiger partial charge in [0.25, 0.3) is 0 Å². The van der Waals surface area contributed by atoms with Gasteiger partial charge in [-0.25, -0.2) is 4.98 Å². The van der Waals surface area contributed by atoms with Gasteiger partial charge in [-0.05, 0) is 32.9 Å². The minimum absolute atomic E-state index is 0.296. The van der Waals surface area contributed by atoms with Crippen LogP contribution in [-0.4, -0.2) is 11.5 Å². The lowest BCUT2D eigenvalue weighted by molar-refractivity contribution is 0.492. The summed E-state index contributed by atoms with van der Waals surface area (Å²) in [5.74, 6) is 0.996. The summed E-state index contributed by atoms with van der Waals surface area (Å²) in [4.78, 5) is 4.55. The van der Waals surface area contributed by atoms with Crippen molar-refractivity contribution in [2.75, 3.05) is 6.54 Å². The van der Waals surface area contributed by atoms with Crippen LogP contribution >= 0.6 is 11.3 Å². The largest absolute Gasteiger partial charge is 0.469 e. The number of hydrogen-bond acceptors (Lipinski definition) is 4. The zero-order valence-corrected chi connectivity index (χ0v) is 12.0. The van der Waals surface area contributed by atoms with E-state index in [1.54, 1.807) is 17.6 Å². The van der Waals surface area contributed by atoms with Gasteiger partial charge >= 0.3 is 0 Å². The van der Waals surface area contributed by atoms with Crippen molar-refractivity contribution in [3.63, 3.8) is 0 Å². The molecule has 0 aliphatic carbocycles. The van der Waals surface area contributed by atoms with Gasteiger partial charge in [0.2, 0.25) is 0 Å². The predicted octanol–water partition coefficient (Wildman–Crippen LogP) is 3.64. The maximum atomic E-state index is 5.41. The van der Waals surface area contributed by atoms with Crippen molar-refractivity contribution >= 4 is 11.3 Å². The van der Waals surface area contributed by atoms with Gasteiger partial charge in [-0.1, -0.05) is 6.92 Å². The molecule has 2 heterocycles. The Morgan fingerprint density at radius 3 is 2.83 bits per heavy atom. The number of aromatic nitrogens is 1. The number of aryl methyl sites for hydroxylation is 2. The lowest BCUT2D eigenvalue weighted by Gasteiger charge is -2.17. The van der Waals surface area contributed by atoms with E-state index in [0.29, 0.717) is 6.04 Å². The molecule has 3 nitrogen and oxygen atoms in total. The average molecular weight is 264 g/mol. The smallest absolute Gasteiger partial charge is 0.105 e. The summed E-state index contributed by atoms with van der Waals surface area (Å²) >= 11 is 1.71. The fourth-order valence-electron chi connectivity index (χ4n) is 2.08. The average Bonchev–Trinajstić information content (AvgIpc) is 2.93. The van der Waals surface area contributed by atoms with E-state index in [1.165, 1.54) is 5.56 Å². The van der Waals surface area contributed by atoms with Crippen LogP contribution in [0.4, 0.5) is 0 Å². The van der Waals surface area contributed by atoms with Crippen molar-refractivity contribution < 1.29 is 4.42 Å². The Hall–Kier alpha value is -1.13. The quantitative estimate of drug-likeness (QED) is 0.865. The lowest BCUT2D eigenvalue weighted by atomic mass is 10.0. The monoisotopic (exact) mass is 264 g/mol. The van der Waals surface area contributed by atoms with Gasteiger partial charge in [0, 0.05) is 23.4 Å². The number of furan rings is 1. The van der Waals surface area contributed by atoms with Gasteiger partial charge in [0.05, 0.1) is 17.0 Å². The van der Waals surface area contributed by atoms with Crippen molar-refractivity contribution in [1.29, 1.82) is 0 Å². The summed E-state index contributed by atoms with van der Waals surface area (Å²) in [6.07, 6.45) is 3.81. The maximum absolute atomic E-state index is 5.41. The first-order chi connectivity index (χ1) is 8.70. The topological polar surface area (TPSA) is 38.1 Å². The summed E-state index contributed by atoms with van der Waals surface area (Å²) in [5.41, 5.74) is 2.40. The van der Waals surface area contributed by atoms with Gasteiger partial charge in [0.15, 0.2) is 0 Å². The van der Waals surface area contributed by atoms with Gasteiger partial charge < -0.3 is 9.73 Å². The van der Waals surface area contributed by atoms with E-state index in [4.69, 9.17) is 4.42 Å². The van der Waals surface area contributed by atoms with Gasteiger partial charge in [-0.3, -0.25) is 0 Å². The van der Waals surface area contributed by atoms with Gasteiger partial charge in [0.1, 0.15) is 5.76 Å². The van der Waals surface area contributed by atoms with Crippen LogP contribution < -0.4 is 5.32 Å². The SMILES string of the molecule is CCCNC(Cc1csc(C)n1)c1ccoc1C. The van der Waals surface area contributed by atoms with Crippen molar-refractivity contribution in [3.8, 4) is 0 Å². The highest BCUT2D eigenvalue weighted by molar-refractivity contribution is 7.09. The van der Waals surface area contributed by atoms with E-state index >= 15 is 0 Å². The normalized spacial score (nSPS) is 12.8. The summed E-state index contributed by atoms with van der Waals surface area (Å²) in [7, 11) is 0. The molecular weight excluding hydrogens is 244 g/mol. The Bertz CT molecular complexity index is 489. The fraction of sp³-hybridized carbons (Fsp3) is 0.500. The molecule has 2 rings (SSSR count). The molecule has 0 aliphatic rings. The van der Waals surface area contributed by atoms with Crippen molar-refractivity contribution in [2.45, 2.75) is 39.7 Å². The van der Waals surface area contributed by atoms with Crippen LogP contribution in [0.3, 0.4) is 0 Å². The molecule has 1 unspecified atom stereocenters. The van der Waals surface area contributed by atoms with E-state index in [-0.39, 0.29) is 0 Å². The predicted molar refractivity (Wildman–Crippen MR) is 75.0 cm³/mol. The molecule has 0 aliphatic heterocycles. The van der Waals surface area contributed by atoms with Gasteiger partial charge in [-0.15, -0.1) is 11.3 Å². The summed E-state index contributed by atoms with van der Waals surface area (Å²) in [6, 6.07) is 2.35. The van der Waals surface area contributed by atoms with Crippen molar-refractivity contribution in [1.82, 2.24) is 10.3 Å². The molecule has 2 aromatic heterocycles. The van der Waals surface area contributed by atoms with Crippen LogP contribution in [0.2, 0.25) is 0 Å². The van der Waals surface area contributed by atoms with Crippen molar-refractivity contribution in [3.05, 3.63) is 39.7 Å². The Morgan fingerprint density at radius 1 is 1.44 bits per heavy atom. The van der Waals surface area contributed by atoms with E-state index < -0.39 is 0 Å². The Kier molecular flexibility index (Phi) is 4.55. The van der Waals surface area contributed by atoms with E-state index in [9.17, 15) is 0 Å². The zero-order chi connectivity index (χ0) is 13.0. The number of nitrogens with zero attached hydrogens (tertiary/aromatic N) is 1. The lowest BCUT2D eigenvalue weighted by Crippen LogP contribution is -2.24. The maximum Gasteiger partial charge on any atom is 0.105 e. The number of nitrogens with one attached hydrogen (secondary N) is 1. The van der Waals surface area contributed by atoms with E-state index in [0.717, 1.165) is 35.8 Å². The fourth-order valence-corrected chi connectivity index (χ4v) is 2.70. The molecule has 18 heavy (non-hydrogen) atoms. The molecule has 2 aromatic rings. The second kappa shape index (κ2) is 6.16. The van der Waals surface area contributed by atoms with Crippen LogP contribution in [0.5, 0.6) is 0 Å². The summed E-state index contributed by atoms with van der Waals surface area (Å²) in [5, 5.41) is 6.85. The molecule has 4 heteroatoms. The number of thiazole rings is 1. The Balaban J connectivity index is 2.12. The standard InChI is InChI=1S/C14H20N2OS/c1-4-6-15-14(13-5-7-17-10(13)2)8-12-9-18-11(3)16-12/h5,7,9,14-15H,4,6,8H2,1-3H3. The highest BCUT2D eigenvalue weighted by Gasteiger charge is 2.16. The molecule has 1 N–H and O–H groups in total. The Labute approximate surface area is 112 Å². The first-order valence-electron chi connectivity index (χ1n) is 6.39. The molecular formula is C14H20N2OS. The van der Waals surface area contributed by atoms with Crippen LogP contribution in [0.1, 0.15) is 41.4 Å². The summed E-state index contributed by atoms with van der Waals surface area (Å²) in [6.45, 7) is 7.26. The molecule has 0 saturated carbocycles. The molecule has 1 atom stereocenters. The molecule has 0 amide bonds. The number of rotatable bonds is 6. The second-order valence-electron chi connectivity index (χ2n) is 4.50. The van der Waals surface area contributed by atoms with E-state index in [2.05, 4.69) is 28.7 Å². The second-order valence-corrected chi connectivity index (χ2v) is 5.56. The van der Waals surface area contributed by atoms with Crippen LogP contribution in [0.15, 0.2) is 22.1 Å². The third kappa shape index (κ3) is 3.21. The molecule has 0 aromatic carbocycles. The van der Waals surface area contributed by atoms with Crippen LogP contribution in [0, 0.1) is 13.8 Å². The third-order valence-corrected chi connectivity index (χ3v) is 3.82. The third-order valence-electron chi connectivity index (χ3n) is 2.99. The van der Waals surface area contributed by atoms with E-state index in [1.807, 2.05) is 13.8 Å².